The van der Waals surface area contributed by atoms with Crippen molar-refractivity contribution in [3.63, 3.8) is 0 Å². The Hall–Kier alpha value is 0.600. The summed E-state index contributed by atoms with van der Waals surface area (Å²) < 4.78 is 0. The van der Waals surface area contributed by atoms with Gasteiger partial charge in [-0.1, -0.05) is 0 Å². The third kappa shape index (κ3) is 8.60. The number of rotatable bonds is 6. The molecule has 0 radical (unpaired) electrons. The van der Waals surface area contributed by atoms with Crippen molar-refractivity contribution in [3.8, 4) is 0 Å². The minimum absolute atomic E-state index is 0.721. The number of hydrogen-bond acceptors (Lipinski definition) is 2. The Morgan fingerprint density at radius 1 is 1.44 bits per heavy atom. The molecule has 0 saturated carbocycles. The number of alkyl halides is 1. The van der Waals surface area contributed by atoms with Gasteiger partial charge in [0, 0.05) is 12.4 Å². The van der Waals surface area contributed by atoms with E-state index in [-0.39, 0.29) is 0 Å². The molecule has 0 unspecified atom stereocenters. The molecule has 0 aromatic heterocycles. The zero-order chi connectivity index (χ0) is 6.95. The number of thioether (sulfide) groups is 1. The van der Waals surface area contributed by atoms with Crippen LogP contribution in [0.1, 0.15) is 6.42 Å². The second kappa shape index (κ2) is 8.60. The highest BCUT2D eigenvalue weighted by atomic mass is 35.5. The second-order valence-corrected chi connectivity index (χ2v) is 3.15. The van der Waals surface area contributed by atoms with Crippen LogP contribution in [0.4, 0.5) is 0 Å². The molecule has 0 spiro atoms. The highest BCUT2D eigenvalue weighted by Gasteiger charge is 1.84. The summed E-state index contributed by atoms with van der Waals surface area (Å²) in [7, 11) is 0. The predicted molar refractivity (Wildman–Crippen MR) is 46.6 cm³/mol. The molecule has 0 fully saturated rings. The van der Waals surface area contributed by atoms with Gasteiger partial charge in [-0.3, -0.25) is 0 Å². The molecular weight excluding hydrogens is 154 g/mol. The summed E-state index contributed by atoms with van der Waals surface area (Å²) in [5, 5.41) is 3.22. The highest BCUT2D eigenvalue weighted by molar-refractivity contribution is 7.98. The van der Waals surface area contributed by atoms with Crippen LogP contribution < -0.4 is 5.32 Å². The van der Waals surface area contributed by atoms with E-state index in [2.05, 4.69) is 11.6 Å². The van der Waals surface area contributed by atoms with Crippen LogP contribution in [-0.2, 0) is 0 Å². The smallest absolute Gasteiger partial charge is 0.0348 e. The van der Waals surface area contributed by atoms with Gasteiger partial charge in [0.1, 0.15) is 0 Å². The predicted octanol–water partition coefficient (Wildman–Crippen LogP) is 1.57. The molecule has 0 saturated heterocycles. The quantitative estimate of drug-likeness (QED) is 0.476. The summed E-state index contributed by atoms with van der Waals surface area (Å²) in [4.78, 5) is 0. The minimum atomic E-state index is 0.721. The monoisotopic (exact) mass is 167 g/mol. The van der Waals surface area contributed by atoms with E-state index in [0.29, 0.717) is 0 Å². The Bertz CT molecular complexity index is 46.3. The van der Waals surface area contributed by atoms with Crippen LogP contribution in [0.15, 0.2) is 0 Å². The van der Waals surface area contributed by atoms with Crippen molar-refractivity contribution in [3.05, 3.63) is 0 Å². The fourth-order valence-corrected chi connectivity index (χ4v) is 1.10. The van der Waals surface area contributed by atoms with Gasteiger partial charge in [-0.2, -0.15) is 11.8 Å². The van der Waals surface area contributed by atoms with Gasteiger partial charge in [0.15, 0.2) is 0 Å². The van der Waals surface area contributed by atoms with Crippen LogP contribution in [0.3, 0.4) is 0 Å². The van der Waals surface area contributed by atoms with E-state index in [4.69, 9.17) is 11.6 Å². The second-order valence-electron chi connectivity index (χ2n) is 1.79. The van der Waals surface area contributed by atoms with Crippen molar-refractivity contribution in [2.24, 2.45) is 0 Å². The minimum Gasteiger partial charge on any atom is -0.316 e. The Kier molecular flexibility index (Phi) is 9.17. The van der Waals surface area contributed by atoms with E-state index in [1.807, 2.05) is 11.8 Å². The molecular formula is C6H14ClNS. The van der Waals surface area contributed by atoms with Gasteiger partial charge in [-0.05, 0) is 25.0 Å². The van der Waals surface area contributed by atoms with E-state index in [1.54, 1.807) is 0 Å². The van der Waals surface area contributed by atoms with Crippen molar-refractivity contribution in [2.45, 2.75) is 6.42 Å². The average molecular weight is 168 g/mol. The summed E-state index contributed by atoms with van der Waals surface area (Å²) in [5.74, 6) is 1.97. The Morgan fingerprint density at radius 2 is 2.22 bits per heavy atom. The van der Waals surface area contributed by atoms with Gasteiger partial charge in [-0.25, -0.2) is 0 Å². The van der Waals surface area contributed by atoms with E-state index in [0.717, 1.165) is 19.0 Å². The molecule has 0 heterocycles. The fourth-order valence-electron chi connectivity index (χ4n) is 0.533. The lowest BCUT2D eigenvalue weighted by Crippen LogP contribution is -2.17. The van der Waals surface area contributed by atoms with Crippen LogP contribution in [0.25, 0.3) is 0 Å². The lowest BCUT2D eigenvalue weighted by atomic mass is 10.5. The van der Waals surface area contributed by atoms with Crippen molar-refractivity contribution in [1.82, 2.24) is 5.32 Å². The molecule has 1 N–H and O–H groups in total. The molecule has 0 aromatic rings. The van der Waals surface area contributed by atoms with Crippen molar-refractivity contribution >= 4 is 23.4 Å². The normalized spacial score (nSPS) is 10.0. The molecule has 0 bridgehead atoms. The number of hydrogen-bond donors (Lipinski definition) is 1. The first kappa shape index (κ1) is 9.60. The van der Waals surface area contributed by atoms with Crippen molar-refractivity contribution in [1.29, 1.82) is 0 Å². The molecule has 0 aromatic carbocycles. The fraction of sp³-hybridized carbons (Fsp3) is 1.00. The standard InChI is InChI=1S/C6H14ClNS/c1-9-6-2-4-8-5-3-7/h8H,2-6H2,1H3. The van der Waals surface area contributed by atoms with Gasteiger partial charge in [-0.15, -0.1) is 11.6 Å². The van der Waals surface area contributed by atoms with Crippen molar-refractivity contribution in [2.75, 3.05) is 31.0 Å². The van der Waals surface area contributed by atoms with Gasteiger partial charge in [0.25, 0.3) is 0 Å². The van der Waals surface area contributed by atoms with Crippen LogP contribution in [0.5, 0.6) is 0 Å². The van der Waals surface area contributed by atoms with Crippen molar-refractivity contribution < 1.29 is 0 Å². The zero-order valence-electron chi connectivity index (χ0n) is 5.82. The first-order valence-electron chi connectivity index (χ1n) is 3.17. The van der Waals surface area contributed by atoms with Crippen LogP contribution in [0.2, 0.25) is 0 Å². The molecule has 0 aliphatic heterocycles. The molecule has 0 atom stereocenters. The molecule has 0 rings (SSSR count). The third-order valence-electron chi connectivity index (χ3n) is 0.973. The Morgan fingerprint density at radius 3 is 2.78 bits per heavy atom. The van der Waals surface area contributed by atoms with Gasteiger partial charge >= 0.3 is 0 Å². The molecule has 0 aliphatic rings. The summed E-state index contributed by atoms with van der Waals surface area (Å²) in [5.41, 5.74) is 0. The summed E-state index contributed by atoms with van der Waals surface area (Å²) >= 11 is 7.33. The van der Waals surface area contributed by atoms with E-state index in [1.165, 1.54) is 12.2 Å². The summed E-state index contributed by atoms with van der Waals surface area (Å²) in [6.45, 7) is 2.05. The van der Waals surface area contributed by atoms with E-state index in [9.17, 15) is 0 Å². The molecule has 0 aliphatic carbocycles. The molecule has 1 nitrogen and oxygen atoms in total. The topological polar surface area (TPSA) is 12.0 Å². The maximum absolute atomic E-state index is 5.45. The largest absolute Gasteiger partial charge is 0.316 e. The Labute approximate surface area is 66.5 Å². The maximum atomic E-state index is 5.45. The molecule has 9 heavy (non-hydrogen) atoms. The summed E-state index contributed by atoms with van der Waals surface area (Å²) in [6.07, 6.45) is 3.37. The lowest BCUT2D eigenvalue weighted by molar-refractivity contribution is 0.710. The van der Waals surface area contributed by atoms with Crippen LogP contribution in [0, 0.1) is 0 Å². The zero-order valence-corrected chi connectivity index (χ0v) is 7.39. The molecule has 3 heteroatoms. The van der Waals surface area contributed by atoms with Gasteiger partial charge in [0.2, 0.25) is 0 Å². The molecule has 0 amide bonds. The van der Waals surface area contributed by atoms with Gasteiger partial charge < -0.3 is 5.32 Å². The number of halogens is 1. The van der Waals surface area contributed by atoms with Gasteiger partial charge in [0.05, 0.1) is 0 Å². The average Bonchev–Trinajstić information content (AvgIpc) is 1.89. The van der Waals surface area contributed by atoms with E-state index >= 15 is 0 Å². The Balaban J connectivity index is 2.60. The first-order chi connectivity index (χ1) is 4.41. The number of nitrogens with one attached hydrogen (secondary N) is 1. The SMILES string of the molecule is CSCCCNCCCl. The lowest BCUT2D eigenvalue weighted by Gasteiger charge is -1.98. The van der Waals surface area contributed by atoms with E-state index < -0.39 is 0 Å². The third-order valence-corrected chi connectivity index (χ3v) is 1.86. The van der Waals surface area contributed by atoms with Crippen LogP contribution >= 0.6 is 23.4 Å². The highest BCUT2D eigenvalue weighted by Crippen LogP contribution is 1.92. The van der Waals surface area contributed by atoms with Crippen LogP contribution in [-0.4, -0.2) is 31.0 Å². The first-order valence-corrected chi connectivity index (χ1v) is 5.10. The summed E-state index contributed by atoms with van der Waals surface area (Å²) in [6, 6.07) is 0. The maximum Gasteiger partial charge on any atom is 0.0348 e. The molecule has 56 valence electrons.